The minimum atomic E-state index is -0.179. The highest BCUT2D eigenvalue weighted by atomic mass is 79.9. The van der Waals surface area contributed by atoms with Crippen LogP contribution in [0.15, 0.2) is 45.9 Å². The molecule has 6 nitrogen and oxygen atoms in total. The molecule has 0 spiro atoms. The van der Waals surface area contributed by atoms with Gasteiger partial charge in [-0.05, 0) is 40.2 Å². The number of fused-ring (bicyclic) bond motifs is 1. The van der Waals surface area contributed by atoms with Gasteiger partial charge in [0.1, 0.15) is 4.47 Å². The van der Waals surface area contributed by atoms with Crippen LogP contribution in [0, 0.1) is 0 Å². The van der Waals surface area contributed by atoms with E-state index in [1.165, 1.54) is 4.68 Å². The lowest BCUT2D eigenvalue weighted by atomic mass is 10.2. The van der Waals surface area contributed by atoms with Gasteiger partial charge in [0.15, 0.2) is 0 Å². The second kappa shape index (κ2) is 6.55. The molecule has 0 amide bonds. The third kappa shape index (κ3) is 3.16. The van der Waals surface area contributed by atoms with Gasteiger partial charge >= 0.3 is 0 Å². The largest absolute Gasteiger partial charge is 0.383 e. The number of anilines is 2. The third-order valence-corrected chi connectivity index (χ3v) is 4.43. The highest BCUT2D eigenvalue weighted by Crippen LogP contribution is 2.25. The Morgan fingerprint density at radius 1 is 1.35 bits per heavy atom. The standard InChI is InChI=1S/C16H17BrN4O2/c1-20-16(22)15(17)13(10-18-20)19-12-3-4-14-11(9-12)5-6-21(14)7-8-23-2/h3-6,9-10,19H,7-8H2,1-2H3. The van der Waals surface area contributed by atoms with Crippen LogP contribution in [0.4, 0.5) is 11.4 Å². The number of benzene rings is 1. The fourth-order valence-corrected chi connectivity index (χ4v) is 2.87. The van der Waals surface area contributed by atoms with E-state index in [4.69, 9.17) is 4.74 Å². The van der Waals surface area contributed by atoms with E-state index in [1.54, 1.807) is 20.4 Å². The Morgan fingerprint density at radius 2 is 2.17 bits per heavy atom. The smallest absolute Gasteiger partial charge is 0.282 e. The molecule has 0 unspecified atom stereocenters. The number of rotatable bonds is 5. The first kappa shape index (κ1) is 15.8. The maximum absolute atomic E-state index is 11.9. The zero-order chi connectivity index (χ0) is 16.4. The SMILES string of the molecule is COCCn1ccc2cc(Nc3cnn(C)c(=O)c3Br)ccc21. The number of methoxy groups -OCH3 is 1. The summed E-state index contributed by atoms with van der Waals surface area (Å²) in [6, 6.07) is 8.14. The van der Waals surface area contributed by atoms with Crippen LogP contribution >= 0.6 is 15.9 Å². The number of hydrogen-bond donors (Lipinski definition) is 1. The van der Waals surface area contributed by atoms with Crippen LogP contribution in [0.2, 0.25) is 0 Å². The fourth-order valence-electron chi connectivity index (χ4n) is 2.42. The number of nitrogens with zero attached hydrogens (tertiary/aromatic N) is 3. The van der Waals surface area contributed by atoms with E-state index >= 15 is 0 Å². The topological polar surface area (TPSA) is 61.1 Å². The highest BCUT2D eigenvalue weighted by Gasteiger charge is 2.08. The molecule has 1 aromatic carbocycles. The third-order valence-electron chi connectivity index (χ3n) is 3.66. The first-order valence-corrected chi connectivity index (χ1v) is 7.96. The van der Waals surface area contributed by atoms with E-state index in [0.717, 1.165) is 23.1 Å². The maximum Gasteiger partial charge on any atom is 0.282 e. The van der Waals surface area contributed by atoms with Crippen LogP contribution in [0.25, 0.3) is 10.9 Å². The molecule has 23 heavy (non-hydrogen) atoms. The number of ether oxygens (including phenoxy) is 1. The van der Waals surface area contributed by atoms with E-state index < -0.39 is 0 Å². The molecule has 2 heterocycles. The highest BCUT2D eigenvalue weighted by molar-refractivity contribution is 9.10. The van der Waals surface area contributed by atoms with Crippen molar-refractivity contribution >= 4 is 38.2 Å². The monoisotopic (exact) mass is 376 g/mol. The molecular formula is C16H17BrN4O2. The predicted molar refractivity (Wildman–Crippen MR) is 94.3 cm³/mol. The Morgan fingerprint density at radius 3 is 2.96 bits per heavy atom. The summed E-state index contributed by atoms with van der Waals surface area (Å²) in [6.07, 6.45) is 3.67. The van der Waals surface area contributed by atoms with Crippen molar-refractivity contribution in [2.45, 2.75) is 6.54 Å². The Balaban J connectivity index is 1.90. The van der Waals surface area contributed by atoms with Crippen molar-refractivity contribution in [2.75, 3.05) is 19.0 Å². The Kier molecular flexibility index (Phi) is 4.49. The first-order chi connectivity index (χ1) is 11.1. The summed E-state index contributed by atoms with van der Waals surface area (Å²) in [5.74, 6) is 0. The summed E-state index contributed by atoms with van der Waals surface area (Å²) >= 11 is 3.32. The van der Waals surface area contributed by atoms with Crippen LogP contribution in [0.1, 0.15) is 0 Å². The molecular weight excluding hydrogens is 360 g/mol. The van der Waals surface area contributed by atoms with Gasteiger partial charge in [0.05, 0.1) is 18.5 Å². The average molecular weight is 377 g/mol. The van der Waals surface area contributed by atoms with Crippen molar-refractivity contribution in [2.24, 2.45) is 7.05 Å². The van der Waals surface area contributed by atoms with Gasteiger partial charge in [-0.2, -0.15) is 5.10 Å². The number of aryl methyl sites for hydroxylation is 1. The van der Waals surface area contributed by atoms with Gasteiger partial charge in [-0.1, -0.05) is 0 Å². The summed E-state index contributed by atoms with van der Waals surface area (Å²) < 4.78 is 9.03. The molecule has 7 heteroatoms. The summed E-state index contributed by atoms with van der Waals surface area (Å²) in [4.78, 5) is 11.9. The van der Waals surface area contributed by atoms with Crippen LogP contribution in [0.5, 0.6) is 0 Å². The van der Waals surface area contributed by atoms with Crippen molar-refractivity contribution in [1.29, 1.82) is 0 Å². The van der Waals surface area contributed by atoms with Gasteiger partial charge in [-0.3, -0.25) is 4.79 Å². The normalized spacial score (nSPS) is 11.1. The second-order valence-electron chi connectivity index (χ2n) is 5.20. The van der Waals surface area contributed by atoms with Gasteiger partial charge in [0.2, 0.25) is 0 Å². The average Bonchev–Trinajstić information content (AvgIpc) is 2.96. The lowest BCUT2D eigenvalue weighted by Crippen LogP contribution is -2.20. The van der Waals surface area contributed by atoms with Crippen molar-refractivity contribution in [1.82, 2.24) is 14.3 Å². The Hall–Kier alpha value is -2.12. The molecule has 0 aliphatic rings. The van der Waals surface area contributed by atoms with Crippen LogP contribution in [-0.4, -0.2) is 28.1 Å². The zero-order valence-corrected chi connectivity index (χ0v) is 14.5. The maximum atomic E-state index is 11.9. The van der Waals surface area contributed by atoms with Crippen molar-refractivity contribution in [3.8, 4) is 0 Å². The van der Waals surface area contributed by atoms with E-state index in [9.17, 15) is 4.79 Å². The summed E-state index contributed by atoms with van der Waals surface area (Å²) in [7, 11) is 3.31. The molecule has 1 N–H and O–H groups in total. The van der Waals surface area contributed by atoms with Gasteiger partial charge in [0, 0.05) is 43.5 Å². The molecule has 120 valence electrons. The van der Waals surface area contributed by atoms with Crippen molar-refractivity contribution < 1.29 is 4.74 Å². The van der Waals surface area contributed by atoms with Gasteiger partial charge in [-0.25, -0.2) is 4.68 Å². The molecule has 0 aliphatic carbocycles. The lowest BCUT2D eigenvalue weighted by molar-refractivity contribution is 0.188. The molecule has 0 saturated heterocycles. The zero-order valence-electron chi connectivity index (χ0n) is 12.9. The van der Waals surface area contributed by atoms with Gasteiger partial charge in [0.25, 0.3) is 5.56 Å². The van der Waals surface area contributed by atoms with E-state index in [0.29, 0.717) is 16.8 Å². The Bertz CT molecular complexity index is 901. The summed E-state index contributed by atoms with van der Waals surface area (Å²) in [5, 5.41) is 8.38. The van der Waals surface area contributed by atoms with Crippen LogP contribution in [-0.2, 0) is 18.3 Å². The molecule has 3 rings (SSSR count). The molecule has 0 saturated carbocycles. The summed E-state index contributed by atoms with van der Waals surface area (Å²) in [6.45, 7) is 1.49. The fraction of sp³-hybridized carbons (Fsp3) is 0.250. The Labute approximate surface area is 141 Å². The van der Waals surface area contributed by atoms with Gasteiger partial charge in [-0.15, -0.1) is 0 Å². The van der Waals surface area contributed by atoms with E-state index in [2.05, 4.69) is 43.0 Å². The quantitative estimate of drug-likeness (QED) is 0.743. The number of nitrogens with one attached hydrogen (secondary N) is 1. The van der Waals surface area contributed by atoms with E-state index in [1.807, 2.05) is 18.3 Å². The molecule has 3 aromatic rings. The number of halogens is 1. The van der Waals surface area contributed by atoms with Crippen LogP contribution in [0.3, 0.4) is 0 Å². The minimum absolute atomic E-state index is 0.179. The molecule has 2 aromatic heterocycles. The molecule has 0 atom stereocenters. The molecule has 0 aliphatic heterocycles. The van der Waals surface area contributed by atoms with Crippen molar-refractivity contribution in [3.05, 3.63) is 51.5 Å². The molecule has 0 bridgehead atoms. The predicted octanol–water partition coefficient (Wildman–Crippen LogP) is 2.89. The number of aromatic nitrogens is 3. The summed E-state index contributed by atoms with van der Waals surface area (Å²) in [5.41, 5.74) is 2.51. The molecule has 0 radical (unpaired) electrons. The first-order valence-electron chi connectivity index (χ1n) is 7.17. The molecule has 0 fully saturated rings. The number of hydrogen-bond acceptors (Lipinski definition) is 4. The van der Waals surface area contributed by atoms with Crippen LogP contribution < -0.4 is 10.9 Å². The lowest BCUT2D eigenvalue weighted by Gasteiger charge is -2.10. The minimum Gasteiger partial charge on any atom is -0.383 e. The van der Waals surface area contributed by atoms with Crippen molar-refractivity contribution in [3.63, 3.8) is 0 Å². The second-order valence-corrected chi connectivity index (χ2v) is 5.99. The van der Waals surface area contributed by atoms with E-state index in [-0.39, 0.29) is 5.56 Å². The van der Waals surface area contributed by atoms with Gasteiger partial charge < -0.3 is 14.6 Å².